The minimum Gasteiger partial charge on any atom is -0.285 e. The van der Waals surface area contributed by atoms with Gasteiger partial charge in [0.15, 0.2) is 0 Å². The van der Waals surface area contributed by atoms with Crippen LogP contribution in [0, 0.1) is 0 Å². The molecule has 134 valence electrons. The molecule has 0 saturated heterocycles. The number of carbonyl (C=O) groups is 1. The molecule has 24 heavy (non-hydrogen) atoms. The molecule has 4 nitrogen and oxygen atoms in total. The molecule has 0 fully saturated rings. The van der Waals surface area contributed by atoms with E-state index in [1.807, 2.05) is 66.8 Å². The van der Waals surface area contributed by atoms with Gasteiger partial charge in [-0.25, -0.2) is 0 Å². The average molecular weight is 332 g/mol. The number of carbonyl (C=O) groups excluding carboxylic acids is 1. The fourth-order valence-electron chi connectivity index (χ4n) is 1.81. The highest BCUT2D eigenvalue weighted by atomic mass is 16.2. The minimum absolute atomic E-state index is 0.159. The van der Waals surface area contributed by atoms with Crippen molar-refractivity contribution in [3.63, 3.8) is 0 Å². The monoisotopic (exact) mass is 331 g/mol. The summed E-state index contributed by atoms with van der Waals surface area (Å²) in [7, 11) is 1.88. The zero-order valence-electron chi connectivity index (χ0n) is 16.6. The molecule has 0 spiro atoms. The van der Waals surface area contributed by atoms with Crippen LogP contribution >= 0.6 is 0 Å². The number of hydrogen-bond acceptors (Lipinski definition) is 2. The molecule has 1 aromatic heterocycles. The maximum absolute atomic E-state index is 12.0. The molecule has 1 aromatic carbocycles. The predicted molar refractivity (Wildman–Crippen MR) is 107 cm³/mol. The van der Waals surface area contributed by atoms with E-state index in [1.54, 1.807) is 17.8 Å². The van der Waals surface area contributed by atoms with Gasteiger partial charge >= 0.3 is 0 Å². The van der Waals surface area contributed by atoms with Crippen molar-refractivity contribution in [2.24, 2.45) is 7.05 Å². The van der Waals surface area contributed by atoms with Gasteiger partial charge in [-0.05, 0) is 25.1 Å². The maximum Gasteiger partial charge on any atom is 0.257 e. The van der Waals surface area contributed by atoms with E-state index >= 15 is 0 Å². The third kappa shape index (κ3) is 6.03. The zero-order valence-corrected chi connectivity index (χ0v) is 16.6. The first kappa shape index (κ1) is 23.9. The van der Waals surface area contributed by atoms with E-state index in [0.717, 1.165) is 16.6 Å². The van der Waals surface area contributed by atoms with Crippen molar-refractivity contribution in [2.75, 3.05) is 4.90 Å². The predicted octanol–water partition coefficient (Wildman–Crippen LogP) is 5.70. The number of anilines is 1. The lowest BCUT2D eigenvalue weighted by Crippen LogP contribution is -2.25. The summed E-state index contributed by atoms with van der Waals surface area (Å²) in [5.74, 6) is -0.159. The second-order valence-electron chi connectivity index (χ2n) is 4.15. The molecule has 2 rings (SSSR count). The van der Waals surface area contributed by atoms with Crippen molar-refractivity contribution in [1.82, 2.24) is 9.78 Å². The highest BCUT2D eigenvalue weighted by molar-refractivity contribution is 6.06. The highest BCUT2D eigenvalue weighted by Gasteiger charge is 2.14. The Morgan fingerprint density at radius 2 is 1.71 bits per heavy atom. The Bertz CT molecular complexity index is 641. The zero-order chi connectivity index (χ0) is 19.3. The Balaban J connectivity index is 0. The van der Waals surface area contributed by atoms with Crippen LogP contribution in [0.2, 0.25) is 0 Å². The topological polar surface area (TPSA) is 38.1 Å². The van der Waals surface area contributed by atoms with E-state index in [0.29, 0.717) is 5.57 Å². The molecule has 4 heteroatoms. The molecule has 0 atom stereocenters. The SMILES string of the molecule is C=CN(C(=O)C(=C)C)c1ccc2c(cnn2C)c1.CC.CC.CC. The van der Waals surface area contributed by atoms with Crippen molar-refractivity contribution >= 4 is 22.5 Å². The number of fused-ring (bicyclic) bond motifs is 1. The van der Waals surface area contributed by atoms with Gasteiger partial charge in [-0.15, -0.1) is 0 Å². The first-order valence-corrected chi connectivity index (χ1v) is 8.58. The molecule has 1 amide bonds. The van der Waals surface area contributed by atoms with Gasteiger partial charge in [0, 0.05) is 29.9 Å². The molecule has 0 N–H and O–H groups in total. The summed E-state index contributed by atoms with van der Waals surface area (Å²) in [6.45, 7) is 21.0. The number of aromatic nitrogens is 2. The number of amides is 1. The summed E-state index contributed by atoms with van der Waals surface area (Å²) < 4.78 is 1.79. The molecule has 0 aliphatic heterocycles. The quantitative estimate of drug-likeness (QED) is 0.676. The Kier molecular flexibility index (Phi) is 13.1. The number of nitrogens with zero attached hydrogens (tertiary/aromatic N) is 3. The number of benzene rings is 1. The van der Waals surface area contributed by atoms with Crippen LogP contribution in [0.25, 0.3) is 10.9 Å². The van der Waals surface area contributed by atoms with E-state index in [2.05, 4.69) is 18.3 Å². The minimum atomic E-state index is -0.159. The summed E-state index contributed by atoms with van der Waals surface area (Å²) in [5, 5.41) is 5.15. The van der Waals surface area contributed by atoms with Crippen molar-refractivity contribution in [3.05, 3.63) is 49.3 Å². The normalized spacial score (nSPS) is 8.50. The van der Waals surface area contributed by atoms with Gasteiger partial charge < -0.3 is 0 Å². The summed E-state index contributed by atoms with van der Waals surface area (Å²) in [4.78, 5) is 13.4. The largest absolute Gasteiger partial charge is 0.285 e. The summed E-state index contributed by atoms with van der Waals surface area (Å²) in [6, 6.07) is 5.71. The van der Waals surface area contributed by atoms with E-state index < -0.39 is 0 Å². The van der Waals surface area contributed by atoms with Gasteiger partial charge in [-0.3, -0.25) is 14.4 Å². The molecule has 0 saturated carbocycles. The fraction of sp³-hybridized carbons (Fsp3) is 0.400. The van der Waals surface area contributed by atoms with E-state index in [4.69, 9.17) is 0 Å². The summed E-state index contributed by atoms with van der Waals surface area (Å²) >= 11 is 0. The molecular formula is C20H33N3O. The first-order chi connectivity index (χ1) is 11.5. The molecule has 0 aliphatic rings. The second-order valence-corrected chi connectivity index (χ2v) is 4.15. The van der Waals surface area contributed by atoms with Gasteiger partial charge in [-0.1, -0.05) is 54.7 Å². The smallest absolute Gasteiger partial charge is 0.257 e. The van der Waals surface area contributed by atoms with E-state index in [1.165, 1.54) is 11.1 Å². The van der Waals surface area contributed by atoms with Gasteiger partial charge in [0.1, 0.15) is 0 Å². The maximum atomic E-state index is 12.0. The van der Waals surface area contributed by atoms with Crippen molar-refractivity contribution < 1.29 is 4.79 Å². The summed E-state index contributed by atoms with van der Waals surface area (Å²) in [6.07, 6.45) is 3.26. The molecule has 0 aliphatic carbocycles. The lowest BCUT2D eigenvalue weighted by atomic mass is 10.2. The second kappa shape index (κ2) is 13.1. The Morgan fingerprint density at radius 1 is 1.17 bits per heavy atom. The summed E-state index contributed by atoms with van der Waals surface area (Å²) in [5.41, 5.74) is 2.25. The third-order valence-electron chi connectivity index (χ3n) is 2.77. The highest BCUT2D eigenvalue weighted by Crippen LogP contribution is 2.23. The van der Waals surface area contributed by atoms with E-state index in [9.17, 15) is 4.79 Å². The number of aryl methyl sites for hydroxylation is 1. The van der Waals surface area contributed by atoms with Gasteiger partial charge in [0.2, 0.25) is 0 Å². The van der Waals surface area contributed by atoms with Crippen LogP contribution in [0.3, 0.4) is 0 Å². The number of rotatable bonds is 3. The molecule has 1 heterocycles. The Labute approximate surface area is 147 Å². The van der Waals surface area contributed by atoms with Gasteiger partial charge in [-0.2, -0.15) is 5.10 Å². The van der Waals surface area contributed by atoms with Gasteiger partial charge in [0.05, 0.1) is 11.7 Å². The van der Waals surface area contributed by atoms with Crippen LogP contribution in [0.5, 0.6) is 0 Å². The lowest BCUT2D eigenvalue weighted by molar-refractivity contribution is -0.114. The van der Waals surface area contributed by atoms with E-state index in [-0.39, 0.29) is 5.91 Å². The van der Waals surface area contributed by atoms with Crippen molar-refractivity contribution in [1.29, 1.82) is 0 Å². The Hall–Kier alpha value is -2.36. The van der Waals surface area contributed by atoms with Crippen molar-refractivity contribution in [3.8, 4) is 0 Å². The molecule has 0 bridgehead atoms. The van der Waals surface area contributed by atoms with Crippen LogP contribution in [0.4, 0.5) is 5.69 Å². The standard InChI is InChI=1S/C14H15N3O.3C2H6/c1-5-17(14(18)10(2)3)12-6-7-13-11(8-12)9-15-16(13)4;3*1-2/h5-9H,1-2H2,3-4H3;3*1-2H3. The number of hydrogen-bond donors (Lipinski definition) is 0. The van der Waals surface area contributed by atoms with Crippen molar-refractivity contribution in [2.45, 2.75) is 48.5 Å². The van der Waals surface area contributed by atoms with Crippen LogP contribution in [-0.4, -0.2) is 15.7 Å². The molecule has 2 aromatic rings. The average Bonchev–Trinajstić information content (AvgIpc) is 3.01. The molecule has 0 unspecified atom stereocenters. The first-order valence-electron chi connectivity index (χ1n) is 8.58. The Morgan fingerprint density at radius 3 is 2.17 bits per heavy atom. The molecular weight excluding hydrogens is 298 g/mol. The third-order valence-corrected chi connectivity index (χ3v) is 2.77. The molecule has 0 radical (unpaired) electrons. The van der Waals surface area contributed by atoms with Crippen LogP contribution < -0.4 is 4.90 Å². The van der Waals surface area contributed by atoms with Crippen LogP contribution in [-0.2, 0) is 11.8 Å². The fourth-order valence-corrected chi connectivity index (χ4v) is 1.81. The lowest BCUT2D eigenvalue weighted by Gasteiger charge is -2.18. The van der Waals surface area contributed by atoms with Crippen LogP contribution in [0.1, 0.15) is 48.5 Å². The van der Waals surface area contributed by atoms with Gasteiger partial charge in [0.25, 0.3) is 5.91 Å². The van der Waals surface area contributed by atoms with Crippen LogP contribution in [0.15, 0.2) is 49.3 Å².